The predicted octanol–water partition coefficient (Wildman–Crippen LogP) is 4.37. The van der Waals surface area contributed by atoms with Gasteiger partial charge in [-0.25, -0.2) is 0 Å². The summed E-state index contributed by atoms with van der Waals surface area (Å²) in [6.07, 6.45) is 0. The van der Waals surface area contributed by atoms with Crippen LogP contribution in [0.15, 0.2) is 46.9 Å². The number of nitrogens with zero attached hydrogens (tertiary/aromatic N) is 1. The van der Waals surface area contributed by atoms with Gasteiger partial charge in [0.2, 0.25) is 0 Å². The van der Waals surface area contributed by atoms with Gasteiger partial charge in [-0.15, -0.1) is 0 Å². The van der Waals surface area contributed by atoms with Gasteiger partial charge < -0.3 is 5.32 Å². The van der Waals surface area contributed by atoms with Gasteiger partial charge in [0.05, 0.1) is 17.3 Å². The molecule has 84 valence electrons. The maximum atomic E-state index is 8.72. The molecule has 0 unspecified atom stereocenters. The Kier molecular flexibility index (Phi) is 3.46. The van der Waals surface area contributed by atoms with Gasteiger partial charge in [0.1, 0.15) is 0 Å². The molecule has 0 radical (unpaired) electrons. The topological polar surface area (TPSA) is 35.8 Å². The average Bonchev–Trinajstić information content (AvgIpc) is 2.35. The molecule has 0 fully saturated rings. The minimum Gasteiger partial charge on any atom is -0.355 e. The summed E-state index contributed by atoms with van der Waals surface area (Å²) in [5, 5.41) is 12.0. The van der Waals surface area contributed by atoms with Crippen LogP contribution in [-0.2, 0) is 0 Å². The number of rotatable bonds is 2. The SMILES string of the molecule is Cc1ccc(Br)c(Nc2ccc(C#N)cc2)c1. The van der Waals surface area contributed by atoms with E-state index >= 15 is 0 Å². The zero-order valence-corrected chi connectivity index (χ0v) is 11.0. The second kappa shape index (κ2) is 5.03. The maximum absolute atomic E-state index is 8.72. The summed E-state index contributed by atoms with van der Waals surface area (Å²) in [5.74, 6) is 0. The van der Waals surface area contributed by atoms with Crippen LogP contribution < -0.4 is 5.32 Å². The van der Waals surface area contributed by atoms with E-state index in [-0.39, 0.29) is 0 Å². The molecule has 0 aliphatic carbocycles. The molecule has 2 nitrogen and oxygen atoms in total. The Balaban J connectivity index is 2.25. The van der Waals surface area contributed by atoms with Crippen LogP contribution in [0.25, 0.3) is 0 Å². The Bertz CT molecular complexity index is 568. The predicted molar refractivity (Wildman–Crippen MR) is 73.3 cm³/mol. The molecule has 2 rings (SSSR count). The molecule has 0 aliphatic heterocycles. The fraction of sp³-hybridized carbons (Fsp3) is 0.0714. The van der Waals surface area contributed by atoms with Crippen molar-refractivity contribution in [3.8, 4) is 6.07 Å². The molecule has 0 spiro atoms. The first-order valence-electron chi connectivity index (χ1n) is 5.22. The molecular weight excluding hydrogens is 276 g/mol. The van der Waals surface area contributed by atoms with Crippen molar-refractivity contribution < 1.29 is 0 Å². The van der Waals surface area contributed by atoms with Crippen LogP contribution in [0.4, 0.5) is 11.4 Å². The van der Waals surface area contributed by atoms with E-state index < -0.39 is 0 Å². The van der Waals surface area contributed by atoms with Crippen molar-refractivity contribution in [2.75, 3.05) is 5.32 Å². The van der Waals surface area contributed by atoms with Crippen molar-refractivity contribution in [1.29, 1.82) is 5.26 Å². The molecule has 0 atom stereocenters. The third-order valence-corrected chi connectivity index (χ3v) is 3.11. The van der Waals surface area contributed by atoms with E-state index in [1.807, 2.05) is 24.3 Å². The molecule has 0 aliphatic rings. The third-order valence-electron chi connectivity index (χ3n) is 2.41. The van der Waals surface area contributed by atoms with E-state index in [4.69, 9.17) is 5.26 Å². The Hall–Kier alpha value is -1.79. The smallest absolute Gasteiger partial charge is 0.0991 e. The molecule has 0 amide bonds. The Morgan fingerprint density at radius 3 is 2.47 bits per heavy atom. The Morgan fingerprint density at radius 1 is 1.12 bits per heavy atom. The van der Waals surface area contributed by atoms with Crippen LogP contribution in [0, 0.1) is 18.3 Å². The van der Waals surface area contributed by atoms with Gasteiger partial charge >= 0.3 is 0 Å². The highest BCUT2D eigenvalue weighted by molar-refractivity contribution is 9.10. The van der Waals surface area contributed by atoms with Crippen molar-refractivity contribution in [3.63, 3.8) is 0 Å². The number of benzene rings is 2. The highest BCUT2D eigenvalue weighted by Gasteiger charge is 2.00. The summed E-state index contributed by atoms with van der Waals surface area (Å²) in [6, 6.07) is 15.6. The number of hydrogen-bond donors (Lipinski definition) is 1. The fourth-order valence-electron chi connectivity index (χ4n) is 1.52. The minimum atomic E-state index is 0.666. The molecule has 1 N–H and O–H groups in total. The molecule has 17 heavy (non-hydrogen) atoms. The van der Waals surface area contributed by atoms with E-state index in [2.05, 4.69) is 40.3 Å². The largest absolute Gasteiger partial charge is 0.355 e. The van der Waals surface area contributed by atoms with Crippen LogP contribution in [-0.4, -0.2) is 0 Å². The van der Waals surface area contributed by atoms with Crippen LogP contribution in [0.3, 0.4) is 0 Å². The Labute approximate surface area is 109 Å². The van der Waals surface area contributed by atoms with Gasteiger partial charge in [-0.3, -0.25) is 0 Å². The summed E-state index contributed by atoms with van der Waals surface area (Å²) in [4.78, 5) is 0. The second-order valence-corrected chi connectivity index (χ2v) is 4.65. The molecular formula is C14H11BrN2. The van der Waals surface area contributed by atoms with Crippen molar-refractivity contribution in [3.05, 3.63) is 58.1 Å². The number of nitrogens with one attached hydrogen (secondary N) is 1. The van der Waals surface area contributed by atoms with Crippen molar-refractivity contribution in [1.82, 2.24) is 0 Å². The number of nitriles is 1. The maximum Gasteiger partial charge on any atom is 0.0991 e. The fourth-order valence-corrected chi connectivity index (χ4v) is 1.86. The lowest BCUT2D eigenvalue weighted by Crippen LogP contribution is -1.92. The van der Waals surface area contributed by atoms with Gasteiger partial charge in [0, 0.05) is 10.2 Å². The summed E-state index contributed by atoms with van der Waals surface area (Å²) < 4.78 is 1.02. The van der Waals surface area contributed by atoms with Gasteiger partial charge in [-0.1, -0.05) is 6.07 Å². The number of aryl methyl sites for hydroxylation is 1. The van der Waals surface area contributed by atoms with Crippen molar-refractivity contribution in [2.45, 2.75) is 6.92 Å². The Morgan fingerprint density at radius 2 is 1.82 bits per heavy atom. The minimum absolute atomic E-state index is 0.666. The molecule has 0 saturated carbocycles. The third kappa shape index (κ3) is 2.86. The van der Waals surface area contributed by atoms with Crippen molar-refractivity contribution in [2.24, 2.45) is 0 Å². The lowest BCUT2D eigenvalue weighted by molar-refractivity contribution is 1.43. The summed E-state index contributed by atoms with van der Waals surface area (Å²) in [7, 11) is 0. The first-order chi connectivity index (χ1) is 8.19. The van der Waals surface area contributed by atoms with Gasteiger partial charge in [0.25, 0.3) is 0 Å². The first-order valence-corrected chi connectivity index (χ1v) is 6.01. The summed E-state index contributed by atoms with van der Waals surface area (Å²) in [5.41, 5.74) is 3.85. The molecule has 0 saturated heterocycles. The van der Waals surface area contributed by atoms with Gasteiger partial charge in [0.15, 0.2) is 0 Å². The average molecular weight is 287 g/mol. The zero-order valence-electron chi connectivity index (χ0n) is 9.37. The van der Waals surface area contributed by atoms with E-state index in [0.717, 1.165) is 15.8 Å². The molecule has 0 aromatic heterocycles. The van der Waals surface area contributed by atoms with Gasteiger partial charge in [-0.05, 0) is 64.8 Å². The molecule has 0 heterocycles. The van der Waals surface area contributed by atoms with E-state index in [9.17, 15) is 0 Å². The molecule has 3 heteroatoms. The van der Waals surface area contributed by atoms with Crippen LogP contribution in [0.2, 0.25) is 0 Å². The lowest BCUT2D eigenvalue weighted by Gasteiger charge is -2.09. The summed E-state index contributed by atoms with van der Waals surface area (Å²) in [6.45, 7) is 2.05. The van der Waals surface area contributed by atoms with E-state index in [1.165, 1.54) is 5.56 Å². The zero-order chi connectivity index (χ0) is 12.3. The standard InChI is InChI=1S/C14H11BrN2/c1-10-2-7-13(15)14(8-10)17-12-5-3-11(9-16)4-6-12/h2-8,17H,1H3. The monoisotopic (exact) mass is 286 g/mol. The van der Waals surface area contributed by atoms with Crippen LogP contribution in [0.5, 0.6) is 0 Å². The number of halogens is 1. The quantitative estimate of drug-likeness (QED) is 0.890. The number of anilines is 2. The molecule has 0 bridgehead atoms. The van der Waals surface area contributed by atoms with Crippen LogP contribution >= 0.6 is 15.9 Å². The first kappa shape index (κ1) is 11.7. The lowest BCUT2D eigenvalue weighted by atomic mass is 10.2. The molecule has 2 aromatic carbocycles. The van der Waals surface area contributed by atoms with E-state index in [0.29, 0.717) is 5.56 Å². The van der Waals surface area contributed by atoms with E-state index in [1.54, 1.807) is 12.1 Å². The normalized spacial score (nSPS) is 9.71. The van der Waals surface area contributed by atoms with Crippen molar-refractivity contribution >= 4 is 27.3 Å². The number of hydrogen-bond acceptors (Lipinski definition) is 2. The highest BCUT2D eigenvalue weighted by atomic mass is 79.9. The second-order valence-electron chi connectivity index (χ2n) is 3.80. The highest BCUT2D eigenvalue weighted by Crippen LogP contribution is 2.26. The summed E-state index contributed by atoms with van der Waals surface area (Å²) >= 11 is 3.50. The van der Waals surface area contributed by atoms with Crippen LogP contribution in [0.1, 0.15) is 11.1 Å². The van der Waals surface area contributed by atoms with Gasteiger partial charge in [-0.2, -0.15) is 5.26 Å². The molecule has 2 aromatic rings.